The zero-order chi connectivity index (χ0) is 23.8. The van der Waals surface area contributed by atoms with Crippen molar-refractivity contribution in [3.63, 3.8) is 0 Å². The molecule has 0 spiro atoms. The molecule has 1 aromatic heterocycles. The average molecular weight is 476 g/mol. The molecule has 3 atom stereocenters. The van der Waals surface area contributed by atoms with Gasteiger partial charge >= 0.3 is 0 Å². The highest BCUT2D eigenvalue weighted by Crippen LogP contribution is 2.42. The molecule has 1 amide bonds. The zero-order valence-electron chi connectivity index (χ0n) is 21.2. The first-order chi connectivity index (χ1) is 17.2. The first-order valence-corrected chi connectivity index (χ1v) is 14.1. The van der Waals surface area contributed by atoms with Crippen molar-refractivity contribution < 1.29 is 4.79 Å². The minimum atomic E-state index is 0.108. The Bertz CT molecular complexity index is 1010. The number of imidazole rings is 1. The van der Waals surface area contributed by atoms with Crippen LogP contribution in [0.15, 0.2) is 30.3 Å². The maximum absolute atomic E-state index is 13.0. The van der Waals surface area contributed by atoms with Gasteiger partial charge in [-0.1, -0.05) is 43.2 Å². The van der Waals surface area contributed by atoms with Gasteiger partial charge in [0.25, 0.3) is 0 Å². The first kappa shape index (κ1) is 23.2. The Kier molecular flexibility index (Phi) is 6.68. The molecule has 2 aromatic rings. The zero-order valence-corrected chi connectivity index (χ0v) is 21.2. The van der Waals surface area contributed by atoms with Gasteiger partial charge in [0.05, 0.1) is 11.7 Å². The quantitative estimate of drug-likeness (QED) is 0.621. The van der Waals surface area contributed by atoms with Crippen LogP contribution >= 0.6 is 0 Å². The van der Waals surface area contributed by atoms with Crippen LogP contribution in [0.4, 0.5) is 0 Å². The molecule has 2 N–H and O–H groups in total. The number of amides is 1. The van der Waals surface area contributed by atoms with Crippen LogP contribution in [0, 0.1) is 12.8 Å². The average Bonchev–Trinajstić information content (AvgIpc) is 3.58. The second-order valence-corrected chi connectivity index (χ2v) is 11.3. The maximum Gasteiger partial charge on any atom is 0.223 e. The van der Waals surface area contributed by atoms with E-state index in [4.69, 9.17) is 4.98 Å². The second kappa shape index (κ2) is 10.1. The Morgan fingerprint density at radius 3 is 2.57 bits per heavy atom. The van der Waals surface area contributed by atoms with Crippen molar-refractivity contribution in [1.29, 1.82) is 0 Å². The first-order valence-electron chi connectivity index (χ1n) is 14.1. The van der Waals surface area contributed by atoms with Crippen molar-refractivity contribution >= 4 is 5.91 Å². The SMILES string of the molecule is Cc1nc2c(n1C1CC3CCC(C1)N3CC[C@H](NC(=O)C1CCCC1)c1ccccc1)CCNC2. The van der Waals surface area contributed by atoms with Gasteiger partial charge in [-0.3, -0.25) is 9.69 Å². The lowest BCUT2D eigenvalue weighted by Crippen LogP contribution is -2.45. The van der Waals surface area contributed by atoms with E-state index in [9.17, 15) is 4.79 Å². The largest absolute Gasteiger partial charge is 0.349 e. The van der Waals surface area contributed by atoms with E-state index in [1.165, 1.54) is 61.3 Å². The lowest BCUT2D eigenvalue weighted by atomic mass is 9.94. The highest BCUT2D eigenvalue weighted by atomic mass is 16.1. The minimum Gasteiger partial charge on any atom is -0.349 e. The van der Waals surface area contributed by atoms with Gasteiger partial charge in [-0.25, -0.2) is 4.98 Å². The van der Waals surface area contributed by atoms with Gasteiger partial charge < -0.3 is 15.2 Å². The molecule has 4 heterocycles. The van der Waals surface area contributed by atoms with Crippen LogP contribution in [0.2, 0.25) is 0 Å². The summed E-state index contributed by atoms with van der Waals surface area (Å²) in [6.45, 7) is 5.25. The fourth-order valence-electron chi connectivity index (χ4n) is 7.54. The molecule has 1 aliphatic carbocycles. The molecule has 188 valence electrons. The van der Waals surface area contributed by atoms with Gasteiger partial charge in [0.1, 0.15) is 5.82 Å². The summed E-state index contributed by atoms with van der Waals surface area (Å²) in [5, 5.41) is 6.93. The van der Waals surface area contributed by atoms with Crippen molar-refractivity contribution in [2.24, 2.45) is 5.92 Å². The molecular formula is C29H41N5O. The lowest BCUT2D eigenvalue weighted by molar-refractivity contribution is -0.125. The summed E-state index contributed by atoms with van der Waals surface area (Å²) < 4.78 is 2.60. The Balaban J connectivity index is 1.13. The number of nitrogens with zero attached hydrogens (tertiary/aromatic N) is 3. The smallest absolute Gasteiger partial charge is 0.223 e. The topological polar surface area (TPSA) is 62.2 Å². The van der Waals surface area contributed by atoms with Gasteiger partial charge in [0, 0.05) is 55.8 Å². The fourth-order valence-corrected chi connectivity index (χ4v) is 7.54. The predicted octanol–water partition coefficient (Wildman–Crippen LogP) is 4.44. The number of fused-ring (bicyclic) bond motifs is 3. The molecule has 6 heteroatoms. The molecule has 0 radical (unpaired) electrons. The van der Waals surface area contributed by atoms with E-state index in [2.05, 4.69) is 57.4 Å². The highest BCUT2D eigenvalue weighted by molar-refractivity contribution is 5.79. The van der Waals surface area contributed by atoms with Crippen molar-refractivity contribution in [1.82, 2.24) is 25.1 Å². The van der Waals surface area contributed by atoms with E-state index < -0.39 is 0 Å². The third-order valence-electron chi connectivity index (χ3n) is 9.25. The minimum absolute atomic E-state index is 0.108. The van der Waals surface area contributed by atoms with Crippen LogP contribution in [0.25, 0.3) is 0 Å². The van der Waals surface area contributed by atoms with E-state index in [-0.39, 0.29) is 17.9 Å². The number of aryl methyl sites for hydroxylation is 1. The molecule has 6 rings (SSSR count). The van der Waals surface area contributed by atoms with Crippen LogP contribution in [0.1, 0.15) is 92.6 Å². The number of rotatable bonds is 7. The van der Waals surface area contributed by atoms with E-state index in [0.717, 1.165) is 45.3 Å². The van der Waals surface area contributed by atoms with Gasteiger partial charge in [0.2, 0.25) is 5.91 Å². The van der Waals surface area contributed by atoms with Gasteiger partial charge in [-0.15, -0.1) is 0 Å². The van der Waals surface area contributed by atoms with Gasteiger partial charge in [-0.05, 0) is 57.4 Å². The van der Waals surface area contributed by atoms with E-state index >= 15 is 0 Å². The number of benzene rings is 1. The molecule has 2 unspecified atom stereocenters. The molecule has 1 aromatic carbocycles. The summed E-state index contributed by atoms with van der Waals surface area (Å²) in [6.07, 6.45) is 11.7. The molecule has 2 bridgehead atoms. The molecular weight excluding hydrogens is 434 g/mol. The lowest BCUT2D eigenvalue weighted by Gasteiger charge is -2.41. The molecule has 3 aliphatic heterocycles. The van der Waals surface area contributed by atoms with Crippen LogP contribution in [-0.4, -0.2) is 45.5 Å². The molecule has 3 fully saturated rings. The number of nitrogens with one attached hydrogen (secondary N) is 2. The number of piperidine rings is 1. The third kappa shape index (κ3) is 4.67. The molecule has 35 heavy (non-hydrogen) atoms. The van der Waals surface area contributed by atoms with Crippen molar-refractivity contribution in [3.05, 3.63) is 53.1 Å². The van der Waals surface area contributed by atoms with E-state index in [1.54, 1.807) is 0 Å². The molecule has 2 saturated heterocycles. The Hall–Kier alpha value is -2.18. The Morgan fingerprint density at radius 2 is 1.83 bits per heavy atom. The summed E-state index contributed by atoms with van der Waals surface area (Å²) >= 11 is 0. The maximum atomic E-state index is 13.0. The monoisotopic (exact) mass is 475 g/mol. The third-order valence-corrected chi connectivity index (χ3v) is 9.25. The Morgan fingerprint density at radius 1 is 1.09 bits per heavy atom. The second-order valence-electron chi connectivity index (χ2n) is 11.3. The van der Waals surface area contributed by atoms with E-state index in [1.807, 2.05) is 0 Å². The number of aromatic nitrogens is 2. The van der Waals surface area contributed by atoms with E-state index in [0.29, 0.717) is 18.1 Å². The van der Waals surface area contributed by atoms with Crippen molar-refractivity contribution in [2.45, 2.75) is 102 Å². The van der Waals surface area contributed by atoms with Gasteiger partial charge in [0.15, 0.2) is 0 Å². The van der Waals surface area contributed by atoms with Crippen molar-refractivity contribution in [2.75, 3.05) is 13.1 Å². The molecule has 6 nitrogen and oxygen atoms in total. The van der Waals surface area contributed by atoms with Crippen LogP contribution in [0.5, 0.6) is 0 Å². The fraction of sp³-hybridized carbons (Fsp3) is 0.655. The summed E-state index contributed by atoms with van der Waals surface area (Å²) in [5.41, 5.74) is 4.00. The molecule has 1 saturated carbocycles. The summed E-state index contributed by atoms with van der Waals surface area (Å²) in [5.74, 6) is 1.69. The molecule has 4 aliphatic rings. The summed E-state index contributed by atoms with van der Waals surface area (Å²) in [6, 6.07) is 12.6. The summed E-state index contributed by atoms with van der Waals surface area (Å²) in [4.78, 5) is 20.7. The van der Waals surface area contributed by atoms with Crippen LogP contribution in [-0.2, 0) is 17.8 Å². The Labute approximate surface area is 209 Å². The van der Waals surface area contributed by atoms with Crippen LogP contribution < -0.4 is 10.6 Å². The summed E-state index contributed by atoms with van der Waals surface area (Å²) in [7, 11) is 0. The van der Waals surface area contributed by atoms with Crippen molar-refractivity contribution in [3.8, 4) is 0 Å². The predicted molar refractivity (Wildman–Crippen MR) is 138 cm³/mol. The van der Waals surface area contributed by atoms with Gasteiger partial charge in [-0.2, -0.15) is 0 Å². The number of carbonyl (C=O) groups is 1. The normalized spacial score (nSPS) is 27.6. The number of hydrogen-bond acceptors (Lipinski definition) is 4. The number of hydrogen-bond donors (Lipinski definition) is 2. The standard InChI is InChI=1S/C29H41N5O/c1-20-31-27-19-30-15-13-28(27)34(20)25-17-23-11-12-24(18-25)33(23)16-14-26(21-7-3-2-4-8-21)32-29(35)22-9-5-6-10-22/h2-4,7-8,22-26,30H,5-6,9-19H2,1H3,(H,32,35)/t23?,24?,25?,26-/m0/s1. The highest BCUT2D eigenvalue weighted by Gasteiger charge is 2.42. The number of carbonyl (C=O) groups excluding carboxylic acids is 1. The van der Waals surface area contributed by atoms with Crippen LogP contribution in [0.3, 0.4) is 0 Å².